The molecule has 2 amide bonds. The molecule has 2 fully saturated rings. The predicted molar refractivity (Wildman–Crippen MR) is 163 cm³/mol. The molecule has 0 spiro atoms. The van der Waals surface area contributed by atoms with Crippen LogP contribution in [-0.4, -0.2) is 53.8 Å². The lowest BCUT2D eigenvalue weighted by atomic mass is 9.77. The van der Waals surface area contributed by atoms with Crippen LogP contribution in [0.25, 0.3) is 11.0 Å². The topological polar surface area (TPSA) is 96.1 Å². The van der Waals surface area contributed by atoms with Crippen LogP contribution in [0.15, 0.2) is 36.4 Å². The SMILES string of the molecule is COCC(C)(C(=O)N[C@@H](C(=O)NCC1(F)CC1)C1CCC1)c1ccc2nc(CC(c3c(F)cccc3Cl)C(C)C)[nH]c2c1. The molecular weight excluding hydrogens is 574 g/mol. The summed E-state index contributed by atoms with van der Waals surface area (Å²) < 4.78 is 34.5. The molecule has 2 saturated carbocycles. The predicted octanol–water partition coefficient (Wildman–Crippen LogP) is 6.15. The molecule has 1 aromatic heterocycles. The Hall–Kier alpha value is -3.04. The van der Waals surface area contributed by atoms with Crippen LogP contribution in [0.4, 0.5) is 8.78 Å². The number of methoxy groups -OCH3 is 1. The van der Waals surface area contributed by atoms with E-state index in [1.165, 1.54) is 13.2 Å². The Kier molecular flexibility index (Phi) is 9.14. The Morgan fingerprint density at radius 1 is 1.23 bits per heavy atom. The summed E-state index contributed by atoms with van der Waals surface area (Å²) in [4.78, 5) is 35.1. The van der Waals surface area contributed by atoms with Crippen molar-refractivity contribution < 1.29 is 23.1 Å². The number of alkyl halides is 1. The smallest absolute Gasteiger partial charge is 0.242 e. The molecule has 10 heteroatoms. The minimum absolute atomic E-state index is 0.0139. The maximum absolute atomic E-state index is 14.8. The number of fused-ring (bicyclic) bond motifs is 1. The van der Waals surface area contributed by atoms with Crippen LogP contribution < -0.4 is 10.6 Å². The van der Waals surface area contributed by atoms with Crippen LogP contribution in [0.2, 0.25) is 5.02 Å². The molecule has 2 unspecified atom stereocenters. The van der Waals surface area contributed by atoms with E-state index in [1.807, 2.05) is 32.0 Å². The Bertz CT molecular complexity index is 1470. The number of aromatic amines is 1. The van der Waals surface area contributed by atoms with E-state index in [1.54, 1.807) is 19.1 Å². The van der Waals surface area contributed by atoms with Gasteiger partial charge in [-0.15, -0.1) is 0 Å². The van der Waals surface area contributed by atoms with Crippen LogP contribution in [0.1, 0.15) is 75.7 Å². The fourth-order valence-corrected chi connectivity index (χ4v) is 6.26. The van der Waals surface area contributed by atoms with Gasteiger partial charge in [-0.05, 0) is 80.2 Å². The van der Waals surface area contributed by atoms with Crippen LogP contribution in [0.3, 0.4) is 0 Å². The summed E-state index contributed by atoms with van der Waals surface area (Å²) in [6, 6.07) is 9.56. The summed E-state index contributed by atoms with van der Waals surface area (Å²) in [5, 5.41) is 6.11. The number of amides is 2. The van der Waals surface area contributed by atoms with Gasteiger partial charge >= 0.3 is 0 Å². The number of ether oxygens (including phenoxy) is 1. The molecule has 0 saturated heterocycles. The second-order valence-electron chi connectivity index (χ2n) is 12.9. The molecular formula is C33H41ClF2N4O3. The van der Waals surface area contributed by atoms with Crippen LogP contribution in [-0.2, 0) is 26.2 Å². The second-order valence-corrected chi connectivity index (χ2v) is 13.3. The van der Waals surface area contributed by atoms with Crippen LogP contribution in [0.5, 0.6) is 0 Å². The quantitative estimate of drug-likeness (QED) is 0.215. The third-order valence-corrected chi connectivity index (χ3v) is 9.58. The highest BCUT2D eigenvalue weighted by Gasteiger charge is 2.45. The number of nitrogens with one attached hydrogen (secondary N) is 3. The molecule has 0 bridgehead atoms. The second kappa shape index (κ2) is 12.5. The first kappa shape index (κ1) is 31.4. The Morgan fingerprint density at radius 2 is 1.98 bits per heavy atom. The first-order valence-electron chi connectivity index (χ1n) is 15.1. The number of H-pyrrole nitrogens is 1. The first-order valence-corrected chi connectivity index (χ1v) is 15.5. The van der Waals surface area contributed by atoms with Gasteiger partial charge in [0.25, 0.3) is 0 Å². The molecule has 2 aromatic carbocycles. The summed E-state index contributed by atoms with van der Waals surface area (Å²) in [6.45, 7) is 5.90. The average Bonchev–Trinajstić information content (AvgIpc) is 3.53. The number of nitrogens with zero attached hydrogens (tertiary/aromatic N) is 1. The van der Waals surface area contributed by atoms with E-state index in [4.69, 9.17) is 21.3 Å². The molecule has 1 heterocycles. The van der Waals surface area contributed by atoms with Gasteiger partial charge in [-0.25, -0.2) is 13.8 Å². The number of imidazole rings is 1. The number of carbonyl (C=O) groups excluding carboxylic acids is 2. The molecule has 0 radical (unpaired) electrons. The maximum atomic E-state index is 14.8. The highest BCUT2D eigenvalue weighted by molar-refractivity contribution is 6.31. The molecule has 232 valence electrons. The van der Waals surface area contributed by atoms with Crippen molar-refractivity contribution in [1.29, 1.82) is 0 Å². The summed E-state index contributed by atoms with van der Waals surface area (Å²) in [5.74, 6) is -0.406. The van der Waals surface area contributed by atoms with Gasteiger partial charge in [0, 0.05) is 24.1 Å². The van der Waals surface area contributed by atoms with Gasteiger partial charge in [0.2, 0.25) is 11.8 Å². The van der Waals surface area contributed by atoms with Crippen molar-refractivity contribution in [3.05, 3.63) is 64.2 Å². The molecule has 5 rings (SSSR count). The number of aromatic nitrogens is 2. The zero-order valence-corrected chi connectivity index (χ0v) is 26.0. The summed E-state index contributed by atoms with van der Waals surface area (Å²) in [5.41, 5.74) is 0.191. The lowest BCUT2D eigenvalue weighted by Crippen LogP contribution is -2.57. The molecule has 0 aliphatic heterocycles. The van der Waals surface area contributed by atoms with Crippen LogP contribution in [0, 0.1) is 17.7 Å². The van der Waals surface area contributed by atoms with Crippen molar-refractivity contribution in [2.24, 2.45) is 11.8 Å². The largest absolute Gasteiger partial charge is 0.383 e. The third-order valence-electron chi connectivity index (χ3n) is 9.25. The molecule has 43 heavy (non-hydrogen) atoms. The number of carbonyl (C=O) groups is 2. The van der Waals surface area contributed by atoms with Crippen molar-refractivity contribution >= 4 is 34.4 Å². The maximum Gasteiger partial charge on any atom is 0.242 e. The van der Waals surface area contributed by atoms with Gasteiger partial charge in [-0.3, -0.25) is 9.59 Å². The van der Waals surface area contributed by atoms with E-state index >= 15 is 0 Å². The molecule has 2 aliphatic carbocycles. The van der Waals surface area contributed by atoms with Crippen molar-refractivity contribution in [3.63, 3.8) is 0 Å². The van der Waals surface area contributed by atoms with E-state index in [0.717, 1.165) is 24.8 Å². The number of hydrogen-bond donors (Lipinski definition) is 3. The Morgan fingerprint density at radius 3 is 2.58 bits per heavy atom. The van der Waals surface area contributed by atoms with Crippen molar-refractivity contribution in [2.45, 2.75) is 82.3 Å². The van der Waals surface area contributed by atoms with Gasteiger partial charge in [0.15, 0.2) is 0 Å². The van der Waals surface area contributed by atoms with E-state index in [-0.39, 0.29) is 48.5 Å². The monoisotopic (exact) mass is 614 g/mol. The fourth-order valence-electron chi connectivity index (χ4n) is 5.95. The standard InChI is InChI=1S/C33H41ClF2N4O3/c1-19(2)22(28-23(34)9-6-10-24(28)35)16-27-38-25-12-11-21(15-26(25)39-27)32(3,18-43-4)31(42)40-29(20-7-5-8-20)30(41)37-17-33(36)13-14-33/h6,9-12,15,19-20,22,29H,5,7-8,13-14,16-18H2,1-4H3,(H,37,41)(H,38,39)(H,40,42)/t22?,29-,32?/m1/s1. The van der Waals surface area contributed by atoms with Gasteiger partial charge in [0.05, 0.1) is 29.6 Å². The van der Waals surface area contributed by atoms with Gasteiger partial charge < -0.3 is 20.4 Å². The normalized spacial score (nSPS) is 19.0. The number of rotatable bonds is 13. The van der Waals surface area contributed by atoms with Gasteiger partial charge in [-0.2, -0.15) is 0 Å². The van der Waals surface area contributed by atoms with E-state index in [9.17, 15) is 18.4 Å². The van der Waals surface area contributed by atoms with Crippen LogP contribution >= 0.6 is 11.6 Å². The third kappa shape index (κ3) is 6.73. The lowest BCUT2D eigenvalue weighted by Gasteiger charge is -2.36. The average molecular weight is 615 g/mol. The molecule has 3 atom stereocenters. The molecule has 3 N–H and O–H groups in total. The molecule has 7 nitrogen and oxygen atoms in total. The minimum atomic E-state index is -1.32. The number of hydrogen-bond acceptors (Lipinski definition) is 4. The highest BCUT2D eigenvalue weighted by Crippen LogP contribution is 2.39. The lowest BCUT2D eigenvalue weighted by molar-refractivity contribution is -0.135. The van der Waals surface area contributed by atoms with Gasteiger partial charge in [0.1, 0.15) is 23.4 Å². The number of benzene rings is 2. The molecule has 3 aromatic rings. The molecule has 2 aliphatic rings. The zero-order valence-electron chi connectivity index (χ0n) is 25.2. The van der Waals surface area contributed by atoms with Crippen molar-refractivity contribution in [2.75, 3.05) is 20.3 Å². The highest BCUT2D eigenvalue weighted by atomic mass is 35.5. The van der Waals surface area contributed by atoms with E-state index < -0.39 is 17.1 Å². The summed E-state index contributed by atoms with van der Waals surface area (Å²) in [7, 11) is 1.53. The number of halogens is 3. The minimum Gasteiger partial charge on any atom is -0.383 e. The first-order chi connectivity index (χ1) is 20.4. The van der Waals surface area contributed by atoms with Gasteiger partial charge in [-0.1, -0.05) is 44.0 Å². The Labute approximate surface area is 256 Å². The zero-order chi connectivity index (χ0) is 30.9. The fraction of sp³-hybridized carbons (Fsp3) is 0.545. The van der Waals surface area contributed by atoms with Crippen molar-refractivity contribution in [3.8, 4) is 0 Å². The Balaban J connectivity index is 1.38. The van der Waals surface area contributed by atoms with Crippen molar-refractivity contribution in [1.82, 2.24) is 20.6 Å². The summed E-state index contributed by atoms with van der Waals surface area (Å²) in [6.07, 6.45) is 4.01. The van der Waals surface area contributed by atoms with E-state index in [0.29, 0.717) is 46.8 Å². The summed E-state index contributed by atoms with van der Waals surface area (Å²) >= 11 is 6.41. The van der Waals surface area contributed by atoms with E-state index in [2.05, 4.69) is 15.6 Å².